The quantitative estimate of drug-likeness (QED) is 0.871. The van der Waals surface area contributed by atoms with Gasteiger partial charge in [0, 0.05) is 26.3 Å². The molecular formula is C17H19N3O5. The lowest BCUT2D eigenvalue weighted by Crippen LogP contribution is -2.47. The fraction of sp³-hybridized carbons (Fsp3) is 0.353. The van der Waals surface area contributed by atoms with Gasteiger partial charge in [0.15, 0.2) is 5.69 Å². The Bertz CT molecular complexity index is 757. The number of nitrogens with zero attached hydrogens (tertiary/aromatic N) is 3. The highest BCUT2D eigenvalue weighted by Crippen LogP contribution is 2.17. The van der Waals surface area contributed by atoms with Gasteiger partial charge in [-0.05, 0) is 12.1 Å². The Morgan fingerprint density at radius 2 is 2.12 bits per heavy atom. The summed E-state index contributed by atoms with van der Waals surface area (Å²) in [5, 5.41) is 13.3. The van der Waals surface area contributed by atoms with Crippen LogP contribution in [0.15, 0.2) is 36.4 Å². The van der Waals surface area contributed by atoms with Crippen LogP contribution in [0.1, 0.15) is 21.0 Å². The van der Waals surface area contributed by atoms with E-state index in [2.05, 4.69) is 5.10 Å². The van der Waals surface area contributed by atoms with Gasteiger partial charge >= 0.3 is 5.97 Å². The number of para-hydroxylation sites is 1. The molecule has 0 unspecified atom stereocenters. The Labute approximate surface area is 144 Å². The van der Waals surface area contributed by atoms with Crippen LogP contribution in [0.5, 0.6) is 0 Å². The van der Waals surface area contributed by atoms with E-state index in [-0.39, 0.29) is 23.4 Å². The number of morpholine rings is 1. The SMILES string of the molecule is COC[C@H]1CN(C(=O)c2cc(C(=O)O)nn2-c2ccccc2)CCO1. The third-order valence-electron chi connectivity index (χ3n) is 3.93. The molecule has 0 saturated carbocycles. The van der Waals surface area contributed by atoms with E-state index in [1.54, 1.807) is 36.3 Å². The normalized spacial score (nSPS) is 17.5. The van der Waals surface area contributed by atoms with Crippen molar-refractivity contribution in [2.45, 2.75) is 6.10 Å². The maximum atomic E-state index is 13.0. The molecule has 8 nitrogen and oxygen atoms in total. The van der Waals surface area contributed by atoms with Crippen molar-refractivity contribution >= 4 is 11.9 Å². The molecule has 2 aromatic rings. The number of aromatic carboxylic acids is 1. The molecule has 8 heteroatoms. The number of hydrogen-bond donors (Lipinski definition) is 1. The van der Waals surface area contributed by atoms with E-state index < -0.39 is 5.97 Å². The second-order valence-electron chi connectivity index (χ2n) is 5.67. The van der Waals surface area contributed by atoms with E-state index in [9.17, 15) is 14.7 Å². The van der Waals surface area contributed by atoms with Crippen LogP contribution in [0, 0.1) is 0 Å². The van der Waals surface area contributed by atoms with Crippen LogP contribution in [-0.2, 0) is 9.47 Å². The fourth-order valence-corrected chi connectivity index (χ4v) is 2.76. The van der Waals surface area contributed by atoms with Gasteiger partial charge in [-0.1, -0.05) is 18.2 Å². The van der Waals surface area contributed by atoms with Crippen molar-refractivity contribution in [1.82, 2.24) is 14.7 Å². The highest BCUT2D eigenvalue weighted by atomic mass is 16.5. The second-order valence-corrected chi connectivity index (χ2v) is 5.67. The molecule has 1 fully saturated rings. The Hall–Kier alpha value is -2.71. The average molecular weight is 345 g/mol. The first-order valence-corrected chi connectivity index (χ1v) is 7.88. The maximum absolute atomic E-state index is 13.0. The molecule has 1 atom stereocenters. The molecule has 1 aliphatic heterocycles. The molecule has 132 valence electrons. The van der Waals surface area contributed by atoms with Crippen molar-refractivity contribution in [3.8, 4) is 5.69 Å². The molecule has 0 bridgehead atoms. The molecular weight excluding hydrogens is 326 g/mol. The standard InChI is InChI=1S/C17H19N3O5/c1-24-11-13-10-19(7-8-25-13)16(21)15-9-14(17(22)23)18-20(15)12-5-3-2-4-6-12/h2-6,9,13H,7-8,10-11H2,1H3,(H,22,23)/t13-/m1/s1. The first-order chi connectivity index (χ1) is 12.1. The van der Waals surface area contributed by atoms with Crippen LogP contribution >= 0.6 is 0 Å². The molecule has 1 saturated heterocycles. The highest BCUT2D eigenvalue weighted by molar-refractivity contribution is 5.96. The minimum atomic E-state index is -1.18. The zero-order valence-electron chi connectivity index (χ0n) is 13.8. The molecule has 1 aromatic carbocycles. The van der Waals surface area contributed by atoms with Crippen molar-refractivity contribution in [3.05, 3.63) is 47.8 Å². The summed E-state index contributed by atoms with van der Waals surface area (Å²) < 4.78 is 12.0. The van der Waals surface area contributed by atoms with Gasteiger partial charge in [0.25, 0.3) is 5.91 Å². The van der Waals surface area contributed by atoms with Gasteiger partial charge in [0.05, 0.1) is 25.0 Å². The highest BCUT2D eigenvalue weighted by Gasteiger charge is 2.28. The zero-order valence-corrected chi connectivity index (χ0v) is 13.8. The van der Waals surface area contributed by atoms with Crippen molar-refractivity contribution in [2.24, 2.45) is 0 Å². The Morgan fingerprint density at radius 3 is 2.80 bits per heavy atom. The van der Waals surface area contributed by atoms with E-state index in [0.717, 1.165) is 0 Å². The number of carboxylic acid groups (broad SMARTS) is 1. The molecule has 1 amide bonds. The molecule has 3 rings (SSSR count). The minimum Gasteiger partial charge on any atom is -0.476 e. The van der Waals surface area contributed by atoms with E-state index in [1.165, 1.54) is 10.7 Å². The first kappa shape index (κ1) is 17.1. The number of hydrogen-bond acceptors (Lipinski definition) is 5. The van der Waals surface area contributed by atoms with Crippen molar-refractivity contribution in [1.29, 1.82) is 0 Å². The van der Waals surface area contributed by atoms with Gasteiger partial charge in [-0.25, -0.2) is 9.48 Å². The summed E-state index contributed by atoms with van der Waals surface area (Å²) in [6.45, 7) is 1.61. The predicted octanol–water partition coefficient (Wildman–Crippen LogP) is 1.06. The summed E-state index contributed by atoms with van der Waals surface area (Å²) in [4.78, 5) is 25.9. The molecule has 0 spiro atoms. The number of carboxylic acids is 1. The van der Waals surface area contributed by atoms with E-state index in [4.69, 9.17) is 9.47 Å². The molecule has 1 aromatic heterocycles. The molecule has 1 aliphatic rings. The monoisotopic (exact) mass is 345 g/mol. The number of amides is 1. The number of carbonyl (C=O) groups is 2. The zero-order chi connectivity index (χ0) is 17.8. The third kappa shape index (κ3) is 3.70. The van der Waals surface area contributed by atoms with Crippen molar-refractivity contribution < 1.29 is 24.2 Å². The number of rotatable bonds is 5. The minimum absolute atomic E-state index is 0.172. The van der Waals surface area contributed by atoms with Gasteiger partial charge in [0.2, 0.25) is 0 Å². The Kier molecular flexibility index (Phi) is 5.11. The summed E-state index contributed by atoms with van der Waals surface area (Å²) in [7, 11) is 1.58. The predicted molar refractivity (Wildman–Crippen MR) is 88.0 cm³/mol. The van der Waals surface area contributed by atoms with Gasteiger partial charge in [-0.2, -0.15) is 5.10 Å². The summed E-state index contributed by atoms with van der Waals surface area (Å²) >= 11 is 0. The number of ether oxygens (including phenoxy) is 2. The second kappa shape index (κ2) is 7.45. The Balaban J connectivity index is 1.92. The smallest absolute Gasteiger partial charge is 0.356 e. The molecule has 0 radical (unpaired) electrons. The lowest BCUT2D eigenvalue weighted by molar-refractivity contribution is -0.0532. The molecule has 1 N–H and O–H groups in total. The molecule has 0 aliphatic carbocycles. The number of carbonyl (C=O) groups excluding carboxylic acids is 1. The van der Waals surface area contributed by atoms with Gasteiger partial charge < -0.3 is 19.5 Å². The van der Waals surface area contributed by atoms with Gasteiger partial charge in [0.1, 0.15) is 5.69 Å². The number of benzene rings is 1. The van der Waals surface area contributed by atoms with Crippen molar-refractivity contribution in [2.75, 3.05) is 33.4 Å². The average Bonchev–Trinajstić information content (AvgIpc) is 3.08. The fourth-order valence-electron chi connectivity index (χ4n) is 2.76. The van der Waals surface area contributed by atoms with Crippen LogP contribution in [0.2, 0.25) is 0 Å². The molecule has 2 heterocycles. The largest absolute Gasteiger partial charge is 0.476 e. The van der Waals surface area contributed by atoms with Crippen LogP contribution in [0.3, 0.4) is 0 Å². The molecule has 25 heavy (non-hydrogen) atoms. The van der Waals surface area contributed by atoms with Crippen LogP contribution in [0.4, 0.5) is 0 Å². The van der Waals surface area contributed by atoms with Gasteiger partial charge in [-0.15, -0.1) is 0 Å². The maximum Gasteiger partial charge on any atom is 0.356 e. The number of methoxy groups -OCH3 is 1. The first-order valence-electron chi connectivity index (χ1n) is 7.88. The topological polar surface area (TPSA) is 93.9 Å². The summed E-state index contributed by atoms with van der Waals surface area (Å²) in [6, 6.07) is 10.3. The van der Waals surface area contributed by atoms with E-state index in [0.29, 0.717) is 32.0 Å². The van der Waals surface area contributed by atoms with Crippen LogP contribution < -0.4 is 0 Å². The van der Waals surface area contributed by atoms with E-state index >= 15 is 0 Å². The van der Waals surface area contributed by atoms with Crippen LogP contribution in [0.25, 0.3) is 5.69 Å². The van der Waals surface area contributed by atoms with E-state index in [1.807, 2.05) is 6.07 Å². The van der Waals surface area contributed by atoms with Crippen LogP contribution in [-0.4, -0.2) is 71.2 Å². The lowest BCUT2D eigenvalue weighted by atomic mass is 10.2. The lowest BCUT2D eigenvalue weighted by Gasteiger charge is -2.32. The summed E-state index contributed by atoms with van der Waals surface area (Å²) in [5.74, 6) is -1.46. The van der Waals surface area contributed by atoms with Crippen molar-refractivity contribution in [3.63, 3.8) is 0 Å². The van der Waals surface area contributed by atoms with Gasteiger partial charge in [-0.3, -0.25) is 4.79 Å². The Morgan fingerprint density at radius 1 is 1.36 bits per heavy atom. The number of aromatic nitrogens is 2. The summed E-state index contributed by atoms with van der Waals surface area (Å²) in [5.41, 5.74) is 0.663. The third-order valence-corrected chi connectivity index (χ3v) is 3.93. The summed E-state index contributed by atoms with van der Waals surface area (Å²) in [6.07, 6.45) is -0.199.